The number of ether oxygens (including phenoxy) is 1. The minimum Gasteiger partial charge on any atom is -0.493 e. The first kappa shape index (κ1) is 7.99. The highest BCUT2D eigenvalue weighted by Crippen LogP contribution is 2.29. The molecule has 2 heteroatoms. The van der Waals surface area contributed by atoms with E-state index in [1.807, 2.05) is 0 Å². The van der Waals surface area contributed by atoms with E-state index >= 15 is 0 Å². The van der Waals surface area contributed by atoms with Gasteiger partial charge in [-0.25, -0.2) is 0 Å². The van der Waals surface area contributed by atoms with Crippen molar-refractivity contribution in [3.05, 3.63) is 29.3 Å². The summed E-state index contributed by atoms with van der Waals surface area (Å²) in [6, 6.07) is 6.37. The zero-order chi connectivity index (χ0) is 8.39. The largest absolute Gasteiger partial charge is 0.493 e. The van der Waals surface area contributed by atoms with Crippen LogP contribution in [0.2, 0.25) is 0 Å². The van der Waals surface area contributed by atoms with Crippen molar-refractivity contribution in [3.8, 4) is 5.75 Å². The Balaban J connectivity index is 2.36. The Labute approximate surface area is 78.2 Å². The summed E-state index contributed by atoms with van der Waals surface area (Å²) in [4.78, 5) is 0. The number of thiol groups is 1. The molecule has 0 amide bonds. The minimum atomic E-state index is 0.846. The van der Waals surface area contributed by atoms with Crippen LogP contribution in [0.5, 0.6) is 5.75 Å². The van der Waals surface area contributed by atoms with Crippen LogP contribution in [0, 0.1) is 0 Å². The van der Waals surface area contributed by atoms with E-state index < -0.39 is 0 Å². The lowest BCUT2D eigenvalue weighted by Gasteiger charge is -2.05. The standard InChI is InChI=1S/C10H12OS/c12-7-5-9-3-1-2-8-4-6-11-10(8)9/h1-3,12H,4-7H2. The van der Waals surface area contributed by atoms with E-state index in [2.05, 4.69) is 30.8 Å². The van der Waals surface area contributed by atoms with Crippen molar-refractivity contribution in [2.75, 3.05) is 12.4 Å². The lowest BCUT2D eigenvalue weighted by atomic mass is 10.1. The first-order valence-electron chi connectivity index (χ1n) is 4.26. The highest BCUT2D eigenvalue weighted by molar-refractivity contribution is 7.80. The first-order valence-corrected chi connectivity index (χ1v) is 4.89. The Kier molecular flexibility index (Phi) is 2.26. The molecule has 0 unspecified atom stereocenters. The topological polar surface area (TPSA) is 9.23 Å². The summed E-state index contributed by atoms with van der Waals surface area (Å²) >= 11 is 4.22. The van der Waals surface area contributed by atoms with Crippen LogP contribution in [0.15, 0.2) is 18.2 Å². The van der Waals surface area contributed by atoms with Gasteiger partial charge in [-0.15, -0.1) is 0 Å². The molecule has 0 saturated carbocycles. The van der Waals surface area contributed by atoms with Crippen LogP contribution in [-0.4, -0.2) is 12.4 Å². The number of hydrogen-bond acceptors (Lipinski definition) is 2. The van der Waals surface area contributed by atoms with Crippen LogP contribution in [0.4, 0.5) is 0 Å². The first-order chi connectivity index (χ1) is 5.92. The summed E-state index contributed by atoms with van der Waals surface area (Å²) in [6.07, 6.45) is 2.07. The number of aryl methyl sites for hydroxylation is 1. The zero-order valence-corrected chi connectivity index (χ0v) is 7.81. The van der Waals surface area contributed by atoms with Crippen LogP contribution in [0.25, 0.3) is 0 Å². The molecule has 1 aromatic rings. The molecule has 0 fully saturated rings. The summed E-state index contributed by atoms with van der Waals surface area (Å²) in [5.74, 6) is 2.01. The minimum absolute atomic E-state index is 0.846. The van der Waals surface area contributed by atoms with Crippen molar-refractivity contribution < 1.29 is 4.74 Å². The fourth-order valence-electron chi connectivity index (χ4n) is 1.60. The molecule has 1 heterocycles. The molecule has 0 aromatic heterocycles. The third kappa shape index (κ3) is 1.31. The van der Waals surface area contributed by atoms with Crippen LogP contribution in [-0.2, 0) is 12.8 Å². The average molecular weight is 180 g/mol. The average Bonchev–Trinajstić information content (AvgIpc) is 2.53. The van der Waals surface area contributed by atoms with Crippen LogP contribution in [0.1, 0.15) is 11.1 Å². The second-order valence-corrected chi connectivity index (χ2v) is 3.42. The van der Waals surface area contributed by atoms with Gasteiger partial charge in [0, 0.05) is 6.42 Å². The van der Waals surface area contributed by atoms with Crippen molar-refractivity contribution in [1.29, 1.82) is 0 Å². The second kappa shape index (κ2) is 3.40. The van der Waals surface area contributed by atoms with E-state index in [4.69, 9.17) is 4.74 Å². The van der Waals surface area contributed by atoms with Gasteiger partial charge in [0.25, 0.3) is 0 Å². The van der Waals surface area contributed by atoms with E-state index in [9.17, 15) is 0 Å². The molecule has 64 valence electrons. The molecule has 12 heavy (non-hydrogen) atoms. The van der Waals surface area contributed by atoms with Gasteiger partial charge in [0.1, 0.15) is 5.75 Å². The second-order valence-electron chi connectivity index (χ2n) is 2.98. The Morgan fingerprint density at radius 2 is 2.33 bits per heavy atom. The summed E-state index contributed by atoms with van der Waals surface area (Å²) in [6.45, 7) is 0.846. The number of fused-ring (bicyclic) bond motifs is 1. The van der Waals surface area contributed by atoms with Gasteiger partial charge < -0.3 is 4.74 Å². The summed E-state index contributed by atoms with van der Waals surface area (Å²) in [7, 11) is 0. The molecule has 1 nitrogen and oxygen atoms in total. The summed E-state index contributed by atoms with van der Waals surface area (Å²) in [5, 5.41) is 0. The maximum Gasteiger partial charge on any atom is 0.125 e. The molecule has 0 N–H and O–H groups in total. The molecule has 0 atom stereocenters. The quantitative estimate of drug-likeness (QED) is 0.686. The summed E-state index contributed by atoms with van der Waals surface area (Å²) in [5.41, 5.74) is 2.66. The van der Waals surface area contributed by atoms with E-state index in [0.717, 1.165) is 31.0 Å². The summed E-state index contributed by atoms with van der Waals surface area (Å²) < 4.78 is 5.55. The molecular weight excluding hydrogens is 168 g/mol. The monoisotopic (exact) mass is 180 g/mol. The Morgan fingerprint density at radius 3 is 3.17 bits per heavy atom. The van der Waals surface area contributed by atoms with Crippen LogP contribution >= 0.6 is 12.6 Å². The maximum atomic E-state index is 5.55. The van der Waals surface area contributed by atoms with Crippen LogP contribution < -0.4 is 4.74 Å². The lowest BCUT2D eigenvalue weighted by molar-refractivity contribution is 0.354. The molecule has 1 aromatic carbocycles. The number of hydrogen-bond donors (Lipinski definition) is 1. The molecule has 0 spiro atoms. The van der Waals surface area contributed by atoms with Gasteiger partial charge in [0.05, 0.1) is 6.61 Å². The fraction of sp³-hybridized carbons (Fsp3) is 0.400. The van der Waals surface area contributed by atoms with Gasteiger partial charge in [-0.3, -0.25) is 0 Å². The zero-order valence-electron chi connectivity index (χ0n) is 6.92. The highest BCUT2D eigenvalue weighted by Gasteiger charge is 2.14. The van der Waals surface area contributed by atoms with E-state index in [0.29, 0.717) is 0 Å². The number of para-hydroxylation sites is 1. The van der Waals surface area contributed by atoms with Crippen molar-refractivity contribution in [2.45, 2.75) is 12.8 Å². The van der Waals surface area contributed by atoms with E-state index in [1.54, 1.807) is 0 Å². The van der Waals surface area contributed by atoms with Gasteiger partial charge >= 0.3 is 0 Å². The third-order valence-electron chi connectivity index (χ3n) is 2.18. The fourth-order valence-corrected chi connectivity index (χ4v) is 1.84. The number of benzene rings is 1. The molecule has 1 aliphatic heterocycles. The van der Waals surface area contributed by atoms with Crippen molar-refractivity contribution in [2.24, 2.45) is 0 Å². The van der Waals surface area contributed by atoms with E-state index in [-0.39, 0.29) is 0 Å². The third-order valence-corrected chi connectivity index (χ3v) is 2.40. The molecule has 2 rings (SSSR count). The van der Waals surface area contributed by atoms with Gasteiger partial charge in [-0.05, 0) is 23.3 Å². The molecule has 1 aliphatic rings. The normalized spacial score (nSPS) is 14.1. The van der Waals surface area contributed by atoms with E-state index in [1.165, 1.54) is 11.1 Å². The number of rotatable bonds is 2. The van der Waals surface area contributed by atoms with Crippen LogP contribution in [0.3, 0.4) is 0 Å². The van der Waals surface area contributed by atoms with Gasteiger partial charge in [-0.1, -0.05) is 18.2 Å². The Morgan fingerprint density at radius 1 is 1.42 bits per heavy atom. The van der Waals surface area contributed by atoms with Crippen molar-refractivity contribution >= 4 is 12.6 Å². The molecule has 0 bridgehead atoms. The van der Waals surface area contributed by atoms with Crippen molar-refractivity contribution in [3.63, 3.8) is 0 Å². The highest BCUT2D eigenvalue weighted by atomic mass is 32.1. The molecule has 0 radical (unpaired) electrons. The smallest absolute Gasteiger partial charge is 0.125 e. The predicted molar refractivity (Wildman–Crippen MR) is 53.2 cm³/mol. The SMILES string of the molecule is SCCc1cccc2c1OCC2. The predicted octanol–water partition coefficient (Wildman–Crippen LogP) is 2.09. The Hall–Kier alpha value is -0.630. The van der Waals surface area contributed by atoms with Gasteiger partial charge in [-0.2, -0.15) is 12.6 Å². The van der Waals surface area contributed by atoms with Gasteiger partial charge in [0.15, 0.2) is 0 Å². The van der Waals surface area contributed by atoms with Gasteiger partial charge in [0.2, 0.25) is 0 Å². The van der Waals surface area contributed by atoms with Crippen molar-refractivity contribution in [1.82, 2.24) is 0 Å². The maximum absolute atomic E-state index is 5.55. The Bertz CT molecular complexity index is 283. The molecule has 0 aliphatic carbocycles. The molecule has 0 saturated heterocycles. The molecular formula is C10H12OS. The lowest BCUT2D eigenvalue weighted by Crippen LogP contribution is -1.92.